The number of anilines is 1. The first kappa shape index (κ1) is 11.8. The molecule has 1 aromatic rings. The predicted molar refractivity (Wildman–Crippen MR) is 66.9 cm³/mol. The molecular weight excluding hydrogens is 216 g/mol. The number of likely N-dealkylation sites (tertiary alicyclic amines) is 1. The van der Waals surface area contributed by atoms with Crippen LogP contribution in [-0.4, -0.2) is 30.5 Å². The van der Waals surface area contributed by atoms with E-state index in [1.807, 2.05) is 24.0 Å². The fourth-order valence-corrected chi connectivity index (χ4v) is 1.91. The molecule has 1 aliphatic rings. The summed E-state index contributed by atoms with van der Waals surface area (Å²) in [6.45, 7) is 3.76. The summed E-state index contributed by atoms with van der Waals surface area (Å²) in [5.74, 6) is 0.710. The molecule has 0 radical (unpaired) electrons. The first-order valence-electron chi connectivity index (χ1n) is 5.93. The fourth-order valence-electron chi connectivity index (χ4n) is 1.91. The summed E-state index contributed by atoms with van der Waals surface area (Å²) in [5, 5.41) is 0. The number of hydrogen-bond acceptors (Lipinski definition) is 3. The number of carbonyl (C=O) groups excluding carboxylic acids is 1. The van der Waals surface area contributed by atoms with Gasteiger partial charge in [-0.3, -0.25) is 4.79 Å². The van der Waals surface area contributed by atoms with Crippen molar-refractivity contribution in [2.75, 3.05) is 25.4 Å². The highest BCUT2D eigenvalue weighted by molar-refractivity contribution is 5.78. The second kappa shape index (κ2) is 5.08. The molecule has 1 fully saturated rings. The normalized spacial score (nSPS) is 15.0. The Bertz CT molecular complexity index is 412. The van der Waals surface area contributed by atoms with Crippen molar-refractivity contribution < 1.29 is 9.53 Å². The van der Waals surface area contributed by atoms with E-state index in [0.29, 0.717) is 11.4 Å². The summed E-state index contributed by atoms with van der Waals surface area (Å²) in [4.78, 5) is 13.6. The minimum absolute atomic E-state index is 0.0571. The Balaban J connectivity index is 1.88. The zero-order valence-corrected chi connectivity index (χ0v) is 10.1. The van der Waals surface area contributed by atoms with Gasteiger partial charge in [0, 0.05) is 24.8 Å². The lowest BCUT2D eigenvalue weighted by molar-refractivity contribution is -0.132. The SMILES string of the molecule is Cc1ccc(OCC(=O)N2CCCC2)cc1N. The lowest BCUT2D eigenvalue weighted by Gasteiger charge is -2.15. The summed E-state index contributed by atoms with van der Waals surface area (Å²) >= 11 is 0. The molecule has 1 saturated heterocycles. The molecular formula is C13H18N2O2. The molecule has 0 saturated carbocycles. The average molecular weight is 234 g/mol. The van der Waals surface area contributed by atoms with Crippen LogP contribution in [0.25, 0.3) is 0 Å². The van der Waals surface area contributed by atoms with Crippen molar-refractivity contribution >= 4 is 11.6 Å². The molecule has 0 atom stereocenters. The first-order chi connectivity index (χ1) is 8.16. The van der Waals surface area contributed by atoms with Crippen LogP contribution in [0.3, 0.4) is 0 Å². The zero-order chi connectivity index (χ0) is 12.3. The second-order valence-electron chi connectivity index (χ2n) is 4.39. The Labute approximate surface area is 101 Å². The summed E-state index contributed by atoms with van der Waals surface area (Å²) in [6, 6.07) is 5.49. The van der Waals surface area contributed by atoms with E-state index in [9.17, 15) is 4.79 Å². The minimum Gasteiger partial charge on any atom is -0.484 e. The Morgan fingerprint density at radius 3 is 2.76 bits per heavy atom. The Morgan fingerprint density at radius 2 is 2.12 bits per heavy atom. The van der Waals surface area contributed by atoms with E-state index >= 15 is 0 Å². The van der Waals surface area contributed by atoms with Crippen LogP contribution in [0.2, 0.25) is 0 Å². The van der Waals surface area contributed by atoms with Gasteiger partial charge < -0.3 is 15.4 Å². The molecule has 17 heavy (non-hydrogen) atoms. The van der Waals surface area contributed by atoms with Crippen LogP contribution in [0.15, 0.2) is 18.2 Å². The number of amides is 1. The molecule has 0 bridgehead atoms. The number of nitrogen functional groups attached to an aromatic ring is 1. The van der Waals surface area contributed by atoms with E-state index in [4.69, 9.17) is 10.5 Å². The summed E-state index contributed by atoms with van der Waals surface area (Å²) in [7, 11) is 0. The average Bonchev–Trinajstić information content (AvgIpc) is 2.84. The van der Waals surface area contributed by atoms with Gasteiger partial charge in [-0.25, -0.2) is 0 Å². The van der Waals surface area contributed by atoms with Crippen molar-refractivity contribution in [2.45, 2.75) is 19.8 Å². The molecule has 92 valence electrons. The van der Waals surface area contributed by atoms with Crippen molar-refractivity contribution in [3.05, 3.63) is 23.8 Å². The second-order valence-corrected chi connectivity index (χ2v) is 4.39. The number of nitrogens with two attached hydrogens (primary N) is 1. The quantitative estimate of drug-likeness (QED) is 0.808. The maximum atomic E-state index is 11.7. The van der Waals surface area contributed by atoms with Gasteiger partial charge in [-0.1, -0.05) is 6.07 Å². The van der Waals surface area contributed by atoms with E-state index in [2.05, 4.69) is 0 Å². The van der Waals surface area contributed by atoms with Gasteiger partial charge in [0.25, 0.3) is 5.91 Å². The van der Waals surface area contributed by atoms with Gasteiger partial charge in [0.05, 0.1) is 0 Å². The number of rotatable bonds is 3. The Hall–Kier alpha value is -1.71. The third kappa shape index (κ3) is 2.90. The maximum Gasteiger partial charge on any atom is 0.260 e. The van der Waals surface area contributed by atoms with E-state index in [-0.39, 0.29) is 12.5 Å². The van der Waals surface area contributed by atoms with Gasteiger partial charge in [0.1, 0.15) is 5.75 Å². The number of ether oxygens (including phenoxy) is 1. The summed E-state index contributed by atoms with van der Waals surface area (Å²) < 4.78 is 5.44. The molecule has 4 nitrogen and oxygen atoms in total. The highest BCUT2D eigenvalue weighted by Crippen LogP contribution is 2.19. The van der Waals surface area contributed by atoms with Crippen molar-refractivity contribution in [1.29, 1.82) is 0 Å². The van der Waals surface area contributed by atoms with Gasteiger partial charge >= 0.3 is 0 Å². The summed E-state index contributed by atoms with van der Waals surface area (Å²) in [6.07, 6.45) is 2.20. The van der Waals surface area contributed by atoms with Crippen LogP contribution in [-0.2, 0) is 4.79 Å². The number of hydrogen-bond donors (Lipinski definition) is 1. The molecule has 0 unspecified atom stereocenters. The van der Waals surface area contributed by atoms with E-state index in [1.54, 1.807) is 6.07 Å². The maximum absolute atomic E-state index is 11.7. The minimum atomic E-state index is 0.0571. The highest BCUT2D eigenvalue weighted by Gasteiger charge is 2.18. The molecule has 2 N–H and O–H groups in total. The van der Waals surface area contributed by atoms with Gasteiger partial charge in [0.2, 0.25) is 0 Å². The number of benzene rings is 1. The summed E-state index contributed by atoms with van der Waals surface area (Å²) in [5.41, 5.74) is 7.48. The molecule has 4 heteroatoms. The molecule has 0 aromatic heterocycles. The van der Waals surface area contributed by atoms with Gasteiger partial charge in [-0.05, 0) is 31.4 Å². The van der Waals surface area contributed by atoms with Crippen LogP contribution in [0.1, 0.15) is 18.4 Å². The molecule has 0 aliphatic carbocycles. The number of nitrogens with zero attached hydrogens (tertiary/aromatic N) is 1. The van der Waals surface area contributed by atoms with Crippen molar-refractivity contribution in [3.8, 4) is 5.75 Å². The smallest absolute Gasteiger partial charge is 0.260 e. The number of carbonyl (C=O) groups is 1. The van der Waals surface area contributed by atoms with Crippen LogP contribution in [0.5, 0.6) is 5.75 Å². The molecule has 1 aromatic carbocycles. The third-order valence-corrected chi connectivity index (χ3v) is 3.07. The molecule has 1 aliphatic heterocycles. The lowest BCUT2D eigenvalue weighted by Crippen LogP contribution is -2.32. The van der Waals surface area contributed by atoms with Crippen LogP contribution < -0.4 is 10.5 Å². The van der Waals surface area contributed by atoms with Crippen LogP contribution >= 0.6 is 0 Å². The van der Waals surface area contributed by atoms with Crippen molar-refractivity contribution in [3.63, 3.8) is 0 Å². The van der Waals surface area contributed by atoms with Gasteiger partial charge in [0.15, 0.2) is 6.61 Å². The molecule has 0 spiro atoms. The topological polar surface area (TPSA) is 55.6 Å². The van der Waals surface area contributed by atoms with Gasteiger partial charge in [-0.2, -0.15) is 0 Å². The van der Waals surface area contributed by atoms with Gasteiger partial charge in [-0.15, -0.1) is 0 Å². The van der Waals surface area contributed by atoms with Crippen LogP contribution in [0.4, 0.5) is 5.69 Å². The largest absolute Gasteiger partial charge is 0.484 e. The Kier molecular flexibility index (Phi) is 3.52. The van der Waals surface area contributed by atoms with Crippen molar-refractivity contribution in [2.24, 2.45) is 0 Å². The van der Waals surface area contributed by atoms with E-state index in [0.717, 1.165) is 31.5 Å². The fraction of sp³-hybridized carbons (Fsp3) is 0.462. The zero-order valence-electron chi connectivity index (χ0n) is 10.1. The standard InChI is InChI=1S/C13H18N2O2/c1-10-4-5-11(8-12(10)14)17-9-13(16)15-6-2-3-7-15/h4-5,8H,2-3,6-7,9,14H2,1H3. The Morgan fingerprint density at radius 1 is 1.41 bits per heavy atom. The lowest BCUT2D eigenvalue weighted by atomic mass is 10.2. The van der Waals surface area contributed by atoms with Crippen LogP contribution in [0, 0.1) is 6.92 Å². The number of aryl methyl sites for hydroxylation is 1. The highest BCUT2D eigenvalue weighted by atomic mass is 16.5. The first-order valence-corrected chi connectivity index (χ1v) is 5.93. The molecule has 1 heterocycles. The van der Waals surface area contributed by atoms with Crippen molar-refractivity contribution in [1.82, 2.24) is 4.90 Å². The van der Waals surface area contributed by atoms with E-state index in [1.165, 1.54) is 0 Å². The molecule has 2 rings (SSSR count). The predicted octanol–water partition coefficient (Wildman–Crippen LogP) is 1.58. The molecule has 1 amide bonds. The monoisotopic (exact) mass is 234 g/mol. The van der Waals surface area contributed by atoms with E-state index < -0.39 is 0 Å². The third-order valence-electron chi connectivity index (χ3n) is 3.07.